The summed E-state index contributed by atoms with van der Waals surface area (Å²) in [5.74, 6) is -2.57. The van der Waals surface area contributed by atoms with Crippen molar-refractivity contribution < 1.29 is 28.8 Å². The molecule has 0 bridgehead atoms. The van der Waals surface area contributed by atoms with Crippen molar-refractivity contribution in [2.24, 2.45) is 5.92 Å². The van der Waals surface area contributed by atoms with Crippen molar-refractivity contribution in [2.45, 2.75) is 33.1 Å². The van der Waals surface area contributed by atoms with E-state index in [-0.39, 0.29) is 62.3 Å². The Labute approximate surface area is 158 Å². The van der Waals surface area contributed by atoms with Crippen molar-refractivity contribution in [2.75, 3.05) is 33.2 Å². The largest absolute Gasteiger partial charge is 0.347 e. The lowest BCUT2D eigenvalue weighted by molar-refractivity contribution is -0.129. The Kier molecular flexibility index (Phi) is 12.2. The third-order valence-corrected chi connectivity index (χ3v) is 3.61. The average molecular weight is 384 g/mol. The summed E-state index contributed by atoms with van der Waals surface area (Å²) in [6.07, 6.45) is 0.479. The third-order valence-electron chi connectivity index (χ3n) is 3.61. The second-order valence-corrected chi connectivity index (χ2v) is 6.15. The SMILES string of the molecule is CNCC(=O)NCC(=O)NCC(=O)NCC(=O)CC(CCC(C)=O)C(C)=O. The number of carbonyl (C=O) groups excluding carboxylic acids is 6. The molecule has 0 heterocycles. The van der Waals surface area contributed by atoms with Gasteiger partial charge in [0.2, 0.25) is 17.7 Å². The highest BCUT2D eigenvalue weighted by molar-refractivity contribution is 5.92. The van der Waals surface area contributed by atoms with E-state index < -0.39 is 17.7 Å². The van der Waals surface area contributed by atoms with E-state index >= 15 is 0 Å². The Balaban J connectivity index is 4.09. The predicted octanol–water partition coefficient (Wildman–Crippen LogP) is -1.91. The second kappa shape index (κ2) is 13.6. The molecule has 0 fully saturated rings. The zero-order valence-corrected chi connectivity index (χ0v) is 16.0. The van der Waals surface area contributed by atoms with E-state index in [0.717, 1.165) is 0 Å². The van der Waals surface area contributed by atoms with E-state index in [9.17, 15) is 28.8 Å². The van der Waals surface area contributed by atoms with Gasteiger partial charge in [0.15, 0.2) is 5.78 Å². The van der Waals surface area contributed by atoms with Gasteiger partial charge in [0.1, 0.15) is 11.6 Å². The highest BCUT2D eigenvalue weighted by Gasteiger charge is 2.19. The molecule has 27 heavy (non-hydrogen) atoms. The average Bonchev–Trinajstić information content (AvgIpc) is 2.59. The fourth-order valence-corrected chi connectivity index (χ4v) is 2.08. The second-order valence-electron chi connectivity index (χ2n) is 6.15. The molecule has 10 heteroatoms. The molecule has 4 N–H and O–H groups in total. The molecule has 0 aliphatic carbocycles. The fourth-order valence-electron chi connectivity index (χ4n) is 2.08. The summed E-state index contributed by atoms with van der Waals surface area (Å²) < 4.78 is 0. The van der Waals surface area contributed by atoms with Gasteiger partial charge in [-0.05, 0) is 27.3 Å². The Morgan fingerprint density at radius 2 is 1.22 bits per heavy atom. The van der Waals surface area contributed by atoms with Crippen LogP contribution in [0, 0.1) is 5.92 Å². The first-order chi connectivity index (χ1) is 12.6. The van der Waals surface area contributed by atoms with E-state index in [1.54, 1.807) is 7.05 Å². The molecule has 0 aromatic rings. The molecule has 0 spiro atoms. The molecule has 0 aliphatic rings. The van der Waals surface area contributed by atoms with Gasteiger partial charge in [0, 0.05) is 18.8 Å². The molecule has 0 rings (SSSR count). The molecule has 1 atom stereocenters. The van der Waals surface area contributed by atoms with Gasteiger partial charge in [0.05, 0.1) is 26.2 Å². The molecular formula is C17H28N4O6. The Hall–Kier alpha value is -2.62. The molecule has 0 saturated heterocycles. The summed E-state index contributed by atoms with van der Waals surface area (Å²) in [5.41, 5.74) is 0. The van der Waals surface area contributed by atoms with E-state index in [1.165, 1.54) is 13.8 Å². The van der Waals surface area contributed by atoms with Gasteiger partial charge >= 0.3 is 0 Å². The normalized spacial score (nSPS) is 11.2. The van der Waals surface area contributed by atoms with Gasteiger partial charge in [-0.1, -0.05) is 0 Å². The number of nitrogens with one attached hydrogen (secondary N) is 4. The lowest BCUT2D eigenvalue weighted by Crippen LogP contribution is -2.44. The number of likely N-dealkylation sites (N-methyl/N-ethyl adjacent to an activating group) is 1. The number of Topliss-reactive ketones (excluding diaryl/α,β-unsaturated/α-hetero) is 3. The van der Waals surface area contributed by atoms with E-state index in [4.69, 9.17) is 0 Å². The van der Waals surface area contributed by atoms with Crippen molar-refractivity contribution in [1.29, 1.82) is 0 Å². The fraction of sp³-hybridized carbons (Fsp3) is 0.647. The van der Waals surface area contributed by atoms with Crippen LogP contribution in [0.25, 0.3) is 0 Å². The lowest BCUT2D eigenvalue weighted by atomic mass is 9.92. The minimum Gasteiger partial charge on any atom is -0.347 e. The van der Waals surface area contributed by atoms with Crippen LogP contribution in [0.2, 0.25) is 0 Å². The minimum absolute atomic E-state index is 0.0489. The Bertz CT molecular complexity index is 576. The van der Waals surface area contributed by atoms with Crippen molar-refractivity contribution >= 4 is 35.1 Å². The first kappa shape index (κ1) is 24.4. The monoisotopic (exact) mass is 384 g/mol. The third kappa shape index (κ3) is 13.3. The van der Waals surface area contributed by atoms with E-state index in [2.05, 4.69) is 21.3 Å². The van der Waals surface area contributed by atoms with Crippen LogP contribution in [-0.4, -0.2) is 68.3 Å². The van der Waals surface area contributed by atoms with Crippen LogP contribution in [0.3, 0.4) is 0 Å². The van der Waals surface area contributed by atoms with E-state index in [0.29, 0.717) is 6.42 Å². The van der Waals surface area contributed by atoms with Crippen LogP contribution >= 0.6 is 0 Å². The molecule has 0 saturated carbocycles. The van der Waals surface area contributed by atoms with Crippen molar-refractivity contribution in [1.82, 2.24) is 21.3 Å². The van der Waals surface area contributed by atoms with Crippen LogP contribution in [-0.2, 0) is 28.8 Å². The number of rotatable bonds is 14. The van der Waals surface area contributed by atoms with Crippen LogP contribution in [0.15, 0.2) is 0 Å². The zero-order chi connectivity index (χ0) is 20.8. The molecule has 0 aromatic carbocycles. The summed E-state index contributed by atoms with van der Waals surface area (Å²) in [4.78, 5) is 68.7. The van der Waals surface area contributed by atoms with Crippen molar-refractivity contribution in [3.05, 3.63) is 0 Å². The Morgan fingerprint density at radius 1 is 0.741 bits per heavy atom. The number of carbonyl (C=O) groups is 6. The van der Waals surface area contributed by atoms with Gasteiger partial charge in [-0.2, -0.15) is 0 Å². The number of amides is 3. The van der Waals surface area contributed by atoms with Crippen LogP contribution in [0.4, 0.5) is 0 Å². The van der Waals surface area contributed by atoms with Crippen molar-refractivity contribution in [3.63, 3.8) is 0 Å². The molecule has 0 aromatic heterocycles. The van der Waals surface area contributed by atoms with Gasteiger partial charge in [-0.15, -0.1) is 0 Å². The quantitative estimate of drug-likeness (QED) is 0.273. The number of hydrogen-bond donors (Lipinski definition) is 4. The summed E-state index contributed by atoms with van der Waals surface area (Å²) in [7, 11) is 1.59. The Morgan fingerprint density at radius 3 is 1.67 bits per heavy atom. The van der Waals surface area contributed by atoms with Crippen molar-refractivity contribution in [3.8, 4) is 0 Å². The first-order valence-corrected chi connectivity index (χ1v) is 8.62. The maximum absolute atomic E-state index is 11.9. The molecular weight excluding hydrogens is 356 g/mol. The predicted molar refractivity (Wildman–Crippen MR) is 96.7 cm³/mol. The summed E-state index contributed by atoms with van der Waals surface area (Å²) in [6.45, 7) is 1.99. The number of hydrogen-bond acceptors (Lipinski definition) is 7. The molecule has 0 radical (unpaired) electrons. The van der Waals surface area contributed by atoms with E-state index in [1.807, 2.05) is 0 Å². The van der Waals surface area contributed by atoms with Crippen LogP contribution in [0.1, 0.15) is 33.1 Å². The van der Waals surface area contributed by atoms with Gasteiger partial charge in [-0.25, -0.2) is 0 Å². The highest BCUT2D eigenvalue weighted by Crippen LogP contribution is 2.13. The maximum Gasteiger partial charge on any atom is 0.239 e. The molecule has 1 unspecified atom stereocenters. The highest BCUT2D eigenvalue weighted by atomic mass is 16.2. The number of ketones is 3. The standard InChI is InChI=1S/C17H28N4O6/c1-11(22)4-5-13(12(2)23)6-14(24)7-19-16(26)9-21-17(27)10-20-15(25)8-18-3/h13,18H,4-10H2,1-3H3,(H,19,26)(H,20,25)(H,21,27). The zero-order valence-electron chi connectivity index (χ0n) is 16.0. The molecule has 3 amide bonds. The topological polar surface area (TPSA) is 151 Å². The smallest absolute Gasteiger partial charge is 0.239 e. The van der Waals surface area contributed by atoms with Gasteiger partial charge in [0.25, 0.3) is 0 Å². The molecule has 152 valence electrons. The lowest BCUT2D eigenvalue weighted by Gasteiger charge is -2.12. The summed E-state index contributed by atoms with van der Waals surface area (Å²) >= 11 is 0. The van der Waals surface area contributed by atoms with Gasteiger partial charge < -0.3 is 26.1 Å². The minimum atomic E-state index is -0.568. The first-order valence-electron chi connectivity index (χ1n) is 8.62. The molecule has 0 aliphatic heterocycles. The molecule has 10 nitrogen and oxygen atoms in total. The van der Waals surface area contributed by atoms with Crippen LogP contribution < -0.4 is 21.3 Å². The summed E-state index contributed by atoms with van der Waals surface area (Å²) in [6, 6.07) is 0. The maximum atomic E-state index is 11.9. The summed E-state index contributed by atoms with van der Waals surface area (Å²) in [5, 5.41) is 9.64. The van der Waals surface area contributed by atoms with Crippen LogP contribution in [0.5, 0.6) is 0 Å². The van der Waals surface area contributed by atoms with Gasteiger partial charge in [-0.3, -0.25) is 24.0 Å².